The highest BCUT2D eigenvalue weighted by molar-refractivity contribution is 6.31. The monoisotopic (exact) mass is 348 g/mol. The minimum Gasteiger partial charge on any atom is -0.348 e. The fourth-order valence-electron chi connectivity index (χ4n) is 3.31. The summed E-state index contributed by atoms with van der Waals surface area (Å²) < 4.78 is 1.45. The predicted molar refractivity (Wildman–Crippen MR) is 91.0 cm³/mol. The third-order valence-corrected chi connectivity index (χ3v) is 4.82. The number of hydrogen-bond acceptors (Lipinski definition) is 5. The third-order valence-electron chi connectivity index (χ3n) is 4.59. The predicted octanol–water partition coefficient (Wildman–Crippen LogP) is 1.95. The van der Waals surface area contributed by atoms with E-state index in [1.54, 1.807) is 18.2 Å². The molecule has 1 amide bonds. The molecule has 2 aromatic rings. The van der Waals surface area contributed by atoms with Crippen molar-refractivity contribution in [1.29, 1.82) is 0 Å². The Morgan fingerprint density at radius 1 is 1.38 bits per heavy atom. The summed E-state index contributed by atoms with van der Waals surface area (Å²) in [5, 5.41) is 14.7. The van der Waals surface area contributed by atoms with E-state index < -0.39 is 0 Å². The Morgan fingerprint density at radius 3 is 2.83 bits per heavy atom. The number of halogens is 1. The van der Waals surface area contributed by atoms with Gasteiger partial charge in [-0.25, -0.2) is 0 Å². The minimum absolute atomic E-state index is 0.0292. The Hall–Kier alpha value is -1.99. The van der Waals surface area contributed by atoms with Crippen molar-refractivity contribution in [3.63, 3.8) is 0 Å². The number of benzene rings is 1. The van der Waals surface area contributed by atoms with Gasteiger partial charge in [-0.15, -0.1) is 5.10 Å². The average Bonchev–Trinajstić information content (AvgIpc) is 3.14. The van der Waals surface area contributed by atoms with Gasteiger partial charge in [-0.05, 0) is 47.4 Å². The fourth-order valence-corrected chi connectivity index (χ4v) is 3.49. The molecule has 1 aromatic carbocycles. The molecule has 1 heterocycles. The van der Waals surface area contributed by atoms with Gasteiger partial charge in [0.05, 0.1) is 11.3 Å². The molecule has 0 bridgehead atoms. The lowest BCUT2D eigenvalue weighted by Crippen LogP contribution is -2.46. The van der Waals surface area contributed by atoms with Gasteiger partial charge in [0.2, 0.25) is 0 Å². The highest BCUT2D eigenvalue weighted by Crippen LogP contribution is 2.27. The van der Waals surface area contributed by atoms with Gasteiger partial charge >= 0.3 is 0 Å². The van der Waals surface area contributed by atoms with Gasteiger partial charge in [-0.3, -0.25) is 4.79 Å². The number of amides is 1. The first-order valence-electron chi connectivity index (χ1n) is 8.23. The number of nitrogens with two attached hydrogens (primary N) is 1. The SMILES string of the molecule is NCC(NC(=O)c1cc(Cl)ccc1-n1cnnn1)C1CCCCC1. The highest BCUT2D eigenvalue weighted by atomic mass is 35.5. The second kappa shape index (κ2) is 7.72. The molecule has 0 radical (unpaired) electrons. The van der Waals surface area contributed by atoms with Crippen LogP contribution in [0.1, 0.15) is 42.5 Å². The molecule has 1 saturated carbocycles. The summed E-state index contributed by atoms with van der Waals surface area (Å²) in [6.45, 7) is 0.428. The maximum absolute atomic E-state index is 12.8. The van der Waals surface area contributed by atoms with Crippen LogP contribution in [0.4, 0.5) is 0 Å². The number of rotatable bonds is 5. The van der Waals surface area contributed by atoms with Gasteiger partial charge in [0.1, 0.15) is 6.33 Å². The molecule has 3 rings (SSSR count). The lowest BCUT2D eigenvalue weighted by molar-refractivity contribution is 0.0915. The molecular formula is C16H21ClN6O. The van der Waals surface area contributed by atoms with Crippen LogP contribution >= 0.6 is 11.6 Å². The van der Waals surface area contributed by atoms with Crippen molar-refractivity contribution in [2.75, 3.05) is 6.54 Å². The molecule has 1 fully saturated rings. The summed E-state index contributed by atoms with van der Waals surface area (Å²) in [5.41, 5.74) is 6.93. The van der Waals surface area contributed by atoms with E-state index in [0.717, 1.165) is 12.8 Å². The smallest absolute Gasteiger partial charge is 0.253 e. The van der Waals surface area contributed by atoms with E-state index in [9.17, 15) is 4.79 Å². The molecule has 1 aromatic heterocycles. The van der Waals surface area contributed by atoms with Crippen LogP contribution in [0, 0.1) is 5.92 Å². The molecule has 0 aliphatic heterocycles. The van der Waals surface area contributed by atoms with Crippen LogP contribution in [0.2, 0.25) is 5.02 Å². The quantitative estimate of drug-likeness (QED) is 0.860. The molecule has 7 nitrogen and oxygen atoms in total. The molecule has 24 heavy (non-hydrogen) atoms. The van der Waals surface area contributed by atoms with E-state index in [2.05, 4.69) is 20.8 Å². The fraction of sp³-hybridized carbons (Fsp3) is 0.500. The van der Waals surface area contributed by atoms with Crippen LogP contribution in [0.5, 0.6) is 0 Å². The zero-order chi connectivity index (χ0) is 16.9. The van der Waals surface area contributed by atoms with E-state index in [-0.39, 0.29) is 11.9 Å². The largest absolute Gasteiger partial charge is 0.348 e. The van der Waals surface area contributed by atoms with Crippen LogP contribution in [0.3, 0.4) is 0 Å². The van der Waals surface area contributed by atoms with Crippen molar-refractivity contribution >= 4 is 17.5 Å². The van der Waals surface area contributed by atoms with Gasteiger partial charge in [-0.2, -0.15) is 4.68 Å². The Bertz CT molecular complexity index is 684. The first kappa shape index (κ1) is 16.9. The summed E-state index contributed by atoms with van der Waals surface area (Å²) in [6.07, 6.45) is 7.32. The minimum atomic E-state index is -0.205. The first-order chi connectivity index (χ1) is 11.7. The van der Waals surface area contributed by atoms with Gasteiger partial charge in [0, 0.05) is 17.6 Å². The maximum atomic E-state index is 12.8. The number of nitrogens with one attached hydrogen (secondary N) is 1. The van der Waals surface area contributed by atoms with Crippen LogP contribution in [-0.2, 0) is 0 Å². The topological polar surface area (TPSA) is 98.7 Å². The number of carbonyl (C=O) groups is 1. The molecule has 3 N–H and O–H groups in total. The first-order valence-corrected chi connectivity index (χ1v) is 8.60. The van der Waals surface area contributed by atoms with Gasteiger partial charge in [-0.1, -0.05) is 30.9 Å². The average molecular weight is 349 g/mol. The van der Waals surface area contributed by atoms with Gasteiger partial charge in [0.15, 0.2) is 0 Å². The molecule has 8 heteroatoms. The third kappa shape index (κ3) is 3.73. The molecule has 0 spiro atoms. The normalized spacial score (nSPS) is 16.8. The van der Waals surface area contributed by atoms with Crippen LogP contribution in [-0.4, -0.2) is 38.7 Å². The van der Waals surface area contributed by atoms with Crippen molar-refractivity contribution in [3.8, 4) is 5.69 Å². The van der Waals surface area contributed by atoms with E-state index in [0.29, 0.717) is 28.7 Å². The highest BCUT2D eigenvalue weighted by Gasteiger charge is 2.25. The standard InChI is InChI=1S/C16H21ClN6O/c17-12-6-7-15(23-10-19-21-22-23)13(8-12)16(24)20-14(9-18)11-4-2-1-3-5-11/h6-8,10-11,14H,1-5,9,18H2,(H,20,24). The number of hydrogen-bond donors (Lipinski definition) is 2. The van der Waals surface area contributed by atoms with E-state index in [4.69, 9.17) is 17.3 Å². The number of aromatic nitrogens is 4. The van der Waals surface area contributed by atoms with Crippen molar-refractivity contribution in [2.24, 2.45) is 11.7 Å². The lowest BCUT2D eigenvalue weighted by atomic mass is 9.84. The Morgan fingerprint density at radius 2 is 2.17 bits per heavy atom. The van der Waals surface area contributed by atoms with E-state index >= 15 is 0 Å². The molecule has 1 aliphatic carbocycles. The summed E-state index contributed by atoms with van der Waals surface area (Å²) >= 11 is 6.08. The summed E-state index contributed by atoms with van der Waals surface area (Å²) in [4.78, 5) is 12.8. The zero-order valence-electron chi connectivity index (χ0n) is 13.4. The molecular weight excluding hydrogens is 328 g/mol. The summed E-state index contributed by atoms with van der Waals surface area (Å²) in [6, 6.07) is 5.03. The molecule has 0 saturated heterocycles. The molecule has 1 aliphatic rings. The number of tetrazole rings is 1. The molecule has 1 unspecified atom stereocenters. The second-order valence-electron chi connectivity index (χ2n) is 6.13. The van der Waals surface area contributed by atoms with Gasteiger partial charge < -0.3 is 11.1 Å². The van der Waals surface area contributed by atoms with E-state index in [1.807, 2.05) is 0 Å². The second-order valence-corrected chi connectivity index (χ2v) is 6.57. The van der Waals surface area contributed by atoms with Crippen LogP contribution < -0.4 is 11.1 Å². The number of nitrogens with zero attached hydrogens (tertiary/aromatic N) is 4. The Kier molecular flexibility index (Phi) is 5.42. The molecule has 1 atom stereocenters. The zero-order valence-corrected chi connectivity index (χ0v) is 14.1. The van der Waals surface area contributed by atoms with Crippen LogP contribution in [0.15, 0.2) is 24.5 Å². The molecule has 128 valence electrons. The van der Waals surface area contributed by atoms with Crippen molar-refractivity contribution < 1.29 is 4.79 Å². The van der Waals surface area contributed by atoms with Crippen molar-refractivity contribution in [2.45, 2.75) is 38.1 Å². The summed E-state index contributed by atoms with van der Waals surface area (Å²) in [5.74, 6) is 0.229. The van der Waals surface area contributed by atoms with Gasteiger partial charge in [0.25, 0.3) is 5.91 Å². The van der Waals surface area contributed by atoms with Crippen molar-refractivity contribution in [3.05, 3.63) is 35.1 Å². The Labute approximate surface area is 145 Å². The van der Waals surface area contributed by atoms with Crippen molar-refractivity contribution in [1.82, 2.24) is 25.5 Å². The van der Waals surface area contributed by atoms with Crippen LogP contribution in [0.25, 0.3) is 5.69 Å². The number of carbonyl (C=O) groups excluding carboxylic acids is 1. The van der Waals surface area contributed by atoms with E-state index in [1.165, 1.54) is 30.3 Å². The lowest BCUT2D eigenvalue weighted by Gasteiger charge is -2.30. The maximum Gasteiger partial charge on any atom is 0.253 e. The Balaban J connectivity index is 1.82. The summed E-state index contributed by atoms with van der Waals surface area (Å²) in [7, 11) is 0.